The van der Waals surface area contributed by atoms with E-state index in [4.69, 9.17) is 18.9 Å². The third-order valence-corrected chi connectivity index (χ3v) is 8.55. The standard InChI is InChI=1S/C45H70O10/c1-3-5-7-9-11-13-15-17-18-19-20-22-23-25-27-29-31-33-40(47)52-36-38(37-53-45-44(51)43(50)42(49)39(35-46)55-45)54-41(48)34-32-30-28-26-24-21-16-14-12-10-8-6-4-2/h6,8,10-14,16-18,20-22,24-25,27,38-39,42-46,49-51H,3-5,7,9,15,19,23,26,28-37H2,1-2H3/b8-6+,12-10+,13-11+,16-14+,18-17+,22-20+,24-21+,27-25+/t38?,39-,42+,43?,44?,45-/m0/s1. The maximum atomic E-state index is 12.7. The third kappa shape index (κ3) is 27.0. The number of aliphatic hydroxyl groups excluding tert-OH is 4. The molecule has 0 aliphatic carbocycles. The fourth-order valence-electron chi connectivity index (χ4n) is 5.31. The number of carbonyl (C=O) groups is 2. The number of allylic oxidation sites excluding steroid dienone is 16. The molecular formula is C45H70O10. The van der Waals surface area contributed by atoms with E-state index in [9.17, 15) is 30.0 Å². The van der Waals surface area contributed by atoms with Crippen LogP contribution in [0, 0.1) is 0 Å². The lowest BCUT2D eigenvalue weighted by atomic mass is 9.99. The molecule has 0 bridgehead atoms. The van der Waals surface area contributed by atoms with E-state index >= 15 is 0 Å². The first kappa shape index (κ1) is 49.6. The average molecular weight is 771 g/mol. The van der Waals surface area contributed by atoms with Crippen molar-refractivity contribution in [2.45, 2.75) is 153 Å². The van der Waals surface area contributed by atoms with Crippen LogP contribution in [0.1, 0.15) is 117 Å². The van der Waals surface area contributed by atoms with Crippen molar-refractivity contribution in [1.29, 1.82) is 0 Å². The number of ether oxygens (including phenoxy) is 4. The van der Waals surface area contributed by atoms with Crippen molar-refractivity contribution in [3.63, 3.8) is 0 Å². The fraction of sp³-hybridized carbons (Fsp3) is 0.600. The van der Waals surface area contributed by atoms with Crippen LogP contribution in [-0.2, 0) is 28.5 Å². The SMILES string of the molecule is CC/C=C/C=C/C=C/C=C/CCCCCC(=O)OC(COC(=O)CCC/C=C/C/C=C/C/C=C/C/C=C/CCCCC)CO[C@H]1O[C@@H](CO)[C@@H](O)C(O)C1O. The van der Waals surface area contributed by atoms with Gasteiger partial charge in [-0.15, -0.1) is 0 Å². The number of hydrogen-bond donors (Lipinski definition) is 4. The minimum absolute atomic E-state index is 0.166. The van der Waals surface area contributed by atoms with Gasteiger partial charge in [0, 0.05) is 12.8 Å². The van der Waals surface area contributed by atoms with Crippen molar-refractivity contribution in [3.8, 4) is 0 Å². The molecule has 0 radical (unpaired) electrons. The first-order valence-corrected chi connectivity index (χ1v) is 20.4. The van der Waals surface area contributed by atoms with Gasteiger partial charge in [0.2, 0.25) is 0 Å². The monoisotopic (exact) mass is 770 g/mol. The highest BCUT2D eigenvalue weighted by atomic mass is 16.7. The summed E-state index contributed by atoms with van der Waals surface area (Å²) < 4.78 is 22.0. The van der Waals surface area contributed by atoms with Crippen LogP contribution in [0.2, 0.25) is 0 Å². The summed E-state index contributed by atoms with van der Waals surface area (Å²) in [5.41, 5.74) is 0. The van der Waals surface area contributed by atoms with Gasteiger partial charge in [-0.2, -0.15) is 0 Å². The number of carbonyl (C=O) groups excluding carboxylic acids is 2. The number of unbranched alkanes of at least 4 members (excludes halogenated alkanes) is 7. The van der Waals surface area contributed by atoms with E-state index < -0.39 is 55.4 Å². The van der Waals surface area contributed by atoms with Gasteiger partial charge in [0.05, 0.1) is 13.2 Å². The van der Waals surface area contributed by atoms with Crippen molar-refractivity contribution in [3.05, 3.63) is 97.2 Å². The molecule has 0 aromatic carbocycles. The summed E-state index contributed by atoms with van der Waals surface area (Å²) in [4.78, 5) is 25.2. The summed E-state index contributed by atoms with van der Waals surface area (Å²) in [6.45, 7) is 3.12. The molecule has 1 aliphatic heterocycles. The molecule has 310 valence electrons. The van der Waals surface area contributed by atoms with Gasteiger partial charge in [-0.1, -0.05) is 130 Å². The summed E-state index contributed by atoms with van der Waals surface area (Å²) in [6.07, 6.45) is 38.5. The van der Waals surface area contributed by atoms with Crippen LogP contribution >= 0.6 is 0 Å². The molecule has 55 heavy (non-hydrogen) atoms. The molecule has 1 aliphatic rings. The summed E-state index contributed by atoms with van der Waals surface area (Å²) >= 11 is 0. The van der Waals surface area contributed by atoms with Crippen LogP contribution in [0.3, 0.4) is 0 Å². The second-order valence-electron chi connectivity index (χ2n) is 13.4. The molecule has 3 unspecified atom stereocenters. The lowest BCUT2D eigenvalue weighted by molar-refractivity contribution is -0.305. The molecule has 0 spiro atoms. The summed E-state index contributed by atoms with van der Waals surface area (Å²) in [7, 11) is 0. The van der Waals surface area contributed by atoms with Gasteiger partial charge in [-0.05, 0) is 70.6 Å². The van der Waals surface area contributed by atoms with Crippen molar-refractivity contribution in [1.82, 2.24) is 0 Å². The molecule has 0 aromatic rings. The highest BCUT2D eigenvalue weighted by Gasteiger charge is 2.44. The largest absolute Gasteiger partial charge is 0.462 e. The minimum Gasteiger partial charge on any atom is -0.462 e. The zero-order chi connectivity index (χ0) is 40.2. The van der Waals surface area contributed by atoms with Crippen LogP contribution in [0.4, 0.5) is 0 Å². The zero-order valence-electron chi connectivity index (χ0n) is 33.4. The van der Waals surface area contributed by atoms with Gasteiger partial charge in [0.15, 0.2) is 12.4 Å². The number of rotatable bonds is 31. The Bertz CT molecular complexity index is 1210. The highest BCUT2D eigenvalue weighted by Crippen LogP contribution is 2.22. The van der Waals surface area contributed by atoms with Crippen molar-refractivity contribution >= 4 is 11.9 Å². The van der Waals surface area contributed by atoms with Crippen LogP contribution in [-0.4, -0.2) is 89.0 Å². The van der Waals surface area contributed by atoms with Gasteiger partial charge in [0.1, 0.15) is 31.0 Å². The van der Waals surface area contributed by atoms with Gasteiger partial charge in [-0.3, -0.25) is 9.59 Å². The Balaban J connectivity index is 2.46. The Morgan fingerprint density at radius 3 is 1.80 bits per heavy atom. The van der Waals surface area contributed by atoms with Gasteiger partial charge < -0.3 is 39.4 Å². The summed E-state index contributed by atoms with van der Waals surface area (Å²) in [5, 5.41) is 40.0. The lowest BCUT2D eigenvalue weighted by Gasteiger charge is -2.39. The molecule has 1 heterocycles. The van der Waals surface area contributed by atoms with E-state index in [1.165, 1.54) is 19.3 Å². The number of esters is 2. The number of aliphatic hydroxyl groups is 4. The van der Waals surface area contributed by atoms with Crippen LogP contribution in [0.5, 0.6) is 0 Å². The van der Waals surface area contributed by atoms with Crippen molar-refractivity contribution in [2.75, 3.05) is 19.8 Å². The Labute approximate surface area is 330 Å². The summed E-state index contributed by atoms with van der Waals surface area (Å²) in [5.74, 6) is -0.932. The van der Waals surface area contributed by atoms with E-state index in [0.717, 1.165) is 51.4 Å². The zero-order valence-corrected chi connectivity index (χ0v) is 33.4. The van der Waals surface area contributed by atoms with Crippen LogP contribution < -0.4 is 0 Å². The maximum absolute atomic E-state index is 12.7. The van der Waals surface area contributed by atoms with E-state index in [0.29, 0.717) is 19.3 Å². The van der Waals surface area contributed by atoms with Crippen LogP contribution in [0.15, 0.2) is 97.2 Å². The second kappa shape index (κ2) is 35.1. The molecule has 6 atom stereocenters. The van der Waals surface area contributed by atoms with Gasteiger partial charge in [0.25, 0.3) is 0 Å². The Kier molecular flexibility index (Phi) is 31.6. The Morgan fingerprint density at radius 2 is 1.16 bits per heavy atom. The van der Waals surface area contributed by atoms with Crippen molar-refractivity contribution in [2.24, 2.45) is 0 Å². The molecule has 0 amide bonds. The minimum atomic E-state index is -1.62. The average Bonchev–Trinajstić information content (AvgIpc) is 3.18. The molecule has 0 aromatic heterocycles. The molecule has 0 saturated carbocycles. The molecule has 1 rings (SSSR count). The van der Waals surface area contributed by atoms with Crippen LogP contribution in [0.25, 0.3) is 0 Å². The van der Waals surface area contributed by atoms with E-state index in [-0.39, 0.29) is 26.1 Å². The Hall–Kier alpha value is -3.38. The molecule has 10 nitrogen and oxygen atoms in total. The predicted molar refractivity (Wildman–Crippen MR) is 219 cm³/mol. The third-order valence-electron chi connectivity index (χ3n) is 8.55. The highest BCUT2D eigenvalue weighted by molar-refractivity contribution is 5.70. The molecule has 10 heteroatoms. The first-order chi connectivity index (χ1) is 26.8. The summed E-state index contributed by atoms with van der Waals surface area (Å²) in [6, 6.07) is 0. The maximum Gasteiger partial charge on any atom is 0.306 e. The molecule has 4 N–H and O–H groups in total. The van der Waals surface area contributed by atoms with Gasteiger partial charge in [-0.25, -0.2) is 0 Å². The number of hydrogen-bond acceptors (Lipinski definition) is 10. The normalized spacial score (nSPS) is 21.6. The topological polar surface area (TPSA) is 152 Å². The van der Waals surface area contributed by atoms with E-state index in [2.05, 4.69) is 68.5 Å². The first-order valence-electron chi connectivity index (χ1n) is 20.4. The lowest BCUT2D eigenvalue weighted by Crippen LogP contribution is -2.59. The second-order valence-corrected chi connectivity index (χ2v) is 13.4. The van der Waals surface area contributed by atoms with Crippen molar-refractivity contribution < 1.29 is 49.0 Å². The molecular weight excluding hydrogens is 700 g/mol. The molecule has 1 saturated heterocycles. The molecule has 1 fully saturated rings. The predicted octanol–water partition coefficient (Wildman–Crippen LogP) is 7.99. The smallest absolute Gasteiger partial charge is 0.306 e. The Morgan fingerprint density at radius 1 is 0.600 bits per heavy atom. The van der Waals surface area contributed by atoms with E-state index in [1.54, 1.807) is 0 Å². The van der Waals surface area contributed by atoms with Gasteiger partial charge >= 0.3 is 11.9 Å². The quantitative estimate of drug-likeness (QED) is 0.0236. The fourth-order valence-corrected chi connectivity index (χ4v) is 5.31. The van der Waals surface area contributed by atoms with E-state index in [1.807, 2.05) is 42.5 Å².